The first kappa shape index (κ1) is 38.0. The molecule has 0 unspecified atom stereocenters. The first-order valence-electron chi connectivity index (χ1n) is 24.0. The third kappa shape index (κ3) is 4.94. The largest absolute Gasteiger partial charge is 0.458 e. The van der Waals surface area contributed by atoms with Crippen molar-refractivity contribution in [1.29, 1.82) is 0 Å². The average Bonchev–Trinajstić information content (AvgIpc) is 3.32. The van der Waals surface area contributed by atoms with Crippen LogP contribution in [-0.2, 0) is 0 Å². The van der Waals surface area contributed by atoms with Crippen LogP contribution in [-0.4, -0.2) is 20.1 Å². The van der Waals surface area contributed by atoms with Crippen LogP contribution in [0.3, 0.4) is 0 Å². The van der Waals surface area contributed by atoms with Gasteiger partial charge in [-0.1, -0.05) is 72.8 Å². The predicted octanol–water partition coefficient (Wildman–Crippen LogP) is 9.18. The summed E-state index contributed by atoms with van der Waals surface area (Å²) < 4.78 is 42.3. The monoisotopic (exact) mass is 888 g/mol. The van der Waals surface area contributed by atoms with Gasteiger partial charge in [0, 0.05) is 32.5 Å². The lowest BCUT2D eigenvalue weighted by Gasteiger charge is -2.36. The Balaban J connectivity index is 1.06. The second kappa shape index (κ2) is 12.9. The van der Waals surface area contributed by atoms with Crippen LogP contribution in [0.1, 0.15) is 33.4 Å². The van der Waals surface area contributed by atoms with Gasteiger partial charge in [0.2, 0.25) is 0 Å². The van der Waals surface area contributed by atoms with Gasteiger partial charge in [0.25, 0.3) is 20.1 Å². The summed E-state index contributed by atoms with van der Waals surface area (Å²) in [5.41, 5.74) is 16.5. The van der Waals surface area contributed by atoms with Gasteiger partial charge in [0.15, 0.2) is 0 Å². The maximum absolute atomic E-state index is 7.40. The first-order chi connectivity index (χ1) is 33.6. The van der Waals surface area contributed by atoms with E-state index in [1.165, 1.54) is 0 Å². The van der Waals surface area contributed by atoms with Gasteiger partial charge in [-0.25, -0.2) is 0 Å². The Morgan fingerprint density at radius 2 is 0.493 bits per heavy atom. The van der Waals surface area contributed by atoms with Crippen LogP contribution in [0.5, 0.6) is 69.0 Å². The molecule has 324 valence electrons. The summed E-state index contributed by atoms with van der Waals surface area (Å²) in [5.74, 6) is 10.1. The molecule has 0 amide bonds. The summed E-state index contributed by atoms with van der Waals surface area (Å²) in [6, 6.07) is 46.5. The smallest absolute Gasteiger partial charge is 0.260 e. The topological polar surface area (TPSA) is 55.4 Å². The molecule has 0 N–H and O–H groups in total. The maximum atomic E-state index is 7.40. The fraction of sp³-hybridized carbons (Fsp3) is 0.100. The maximum Gasteiger partial charge on any atom is 0.260 e. The highest BCUT2D eigenvalue weighted by Crippen LogP contribution is 2.51. The zero-order valence-corrected chi connectivity index (χ0v) is 38.8. The standard InChI is InChI=1S/C60H39B3O6/c1-28-7-13-37-43(19-28)64-46-22-31(4)25-49-55(46)61(37)40-16-10-34-52(58(40)67-49)35-11-17-41-60(69-51-27-33(6)24-48-57(51)62(41)38-14-8-29(2)20-44(38)65-48)54(35)36-12-18-42-59(53(34)36)68-50-26-32(5)23-47-56(50)63(42)39-15-9-30(3)21-45(39)66-47/h7-27H,1-6H3. The molecule has 0 saturated heterocycles. The number of aryl methyl sites for hydroxylation is 6. The van der Waals surface area contributed by atoms with Gasteiger partial charge in [-0.05, 0) is 178 Å². The summed E-state index contributed by atoms with van der Waals surface area (Å²) in [6.45, 7) is 12.4. The normalized spacial score (nSPS) is 14.3. The van der Waals surface area contributed by atoms with Crippen LogP contribution in [0.4, 0.5) is 0 Å². The number of fused-ring (bicyclic) bond motifs is 21. The molecule has 16 rings (SSSR count). The molecule has 6 aliphatic heterocycles. The molecular formula is C60H39B3O6. The van der Waals surface area contributed by atoms with E-state index in [2.05, 4.69) is 169 Å². The summed E-state index contributed by atoms with van der Waals surface area (Å²) in [7, 11) is 0. The average molecular weight is 888 g/mol. The van der Waals surface area contributed by atoms with Gasteiger partial charge in [0.1, 0.15) is 69.0 Å². The highest BCUT2D eigenvalue weighted by Gasteiger charge is 2.46. The third-order valence-electron chi connectivity index (χ3n) is 15.7. The molecule has 6 heterocycles. The lowest BCUT2D eigenvalue weighted by molar-refractivity contribution is 0.466. The fourth-order valence-corrected chi connectivity index (χ4v) is 12.8. The second-order valence-corrected chi connectivity index (χ2v) is 20.3. The van der Waals surface area contributed by atoms with Gasteiger partial charge >= 0.3 is 0 Å². The molecule has 0 saturated carbocycles. The Labute approximate surface area is 399 Å². The van der Waals surface area contributed by atoms with E-state index in [9.17, 15) is 0 Å². The molecule has 0 fully saturated rings. The lowest BCUT2D eigenvalue weighted by Crippen LogP contribution is -2.57. The van der Waals surface area contributed by atoms with Gasteiger partial charge in [0.05, 0.1) is 0 Å². The number of hydrogen-bond donors (Lipinski definition) is 0. The van der Waals surface area contributed by atoms with Crippen molar-refractivity contribution >= 4 is 102 Å². The van der Waals surface area contributed by atoms with Crippen molar-refractivity contribution < 1.29 is 28.4 Å². The van der Waals surface area contributed by atoms with E-state index in [-0.39, 0.29) is 20.1 Å². The SMILES string of the molecule is Cc1ccc2c(c1)Oc1cc(C)cc3c1B2c1ccc2c(c1O3)c1ccc3c(c1c1ccc4c(c21)Oc1cc(C)cc2c1B4c1ccc(C)cc1O2)Oc1cc(C)cc2c1B3c1ccc(C)cc1O2. The summed E-state index contributed by atoms with van der Waals surface area (Å²) in [6.07, 6.45) is 0. The van der Waals surface area contributed by atoms with Crippen LogP contribution < -0.4 is 77.6 Å². The van der Waals surface area contributed by atoms with Crippen molar-refractivity contribution in [2.75, 3.05) is 0 Å². The van der Waals surface area contributed by atoms with E-state index >= 15 is 0 Å². The van der Waals surface area contributed by atoms with Gasteiger partial charge in [-0.15, -0.1) is 0 Å². The van der Waals surface area contributed by atoms with Crippen LogP contribution in [0.2, 0.25) is 0 Å². The zero-order chi connectivity index (χ0) is 45.9. The Hall–Kier alpha value is -8.03. The van der Waals surface area contributed by atoms with Crippen LogP contribution in [0.25, 0.3) is 32.3 Å². The number of rotatable bonds is 0. The van der Waals surface area contributed by atoms with Crippen molar-refractivity contribution in [3.8, 4) is 69.0 Å². The molecule has 0 aromatic heterocycles. The molecular weight excluding hydrogens is 849 g/mol. The molecule has 0 spiro atoms. The molecule has 0 aliphatic carbocycles. The highest BCUT2D eigenvalue weighted by molar-refractivity contribution is 7.00. The van der Waals surface area contributed by atoms with Crippen molar-refractivity contribution in [2.45, 2.75) is 41.5 Å². The Bertz CT molecular complexity index is 3690. The van der Waals surface area contributed by atoms with Crippen molar-refractivity contribution in [3.63, 3.8) is 0 Å². The number of ether oxygens (including phenoxy) is 6. The summed E-state index contributed by atoms with van der Waals surface area (Å²) in [5, 5.41) is 6.21. The van der Waals surface area contributed by atoms with Crippen molar-refractivity contribution in [2.24, 2.45) is 0 Å². The summed E-state index contributed by atoms with van der Waals surface area (Å²) >= 11 is 0. The molecule has 0 radical (unpaired) electrons. The second-order valence-electron chi connectivity index (χ2n) is 20.3. The van der Waals surface area contributed by atoms with Crippen LogP contribution in [0.15, 0.2) is 127 Å². The van der Waals surface area contributed by atoms with Gasteiger partial charge in [-0.2, -0.15) is 0 Å². The Morgan fingerprint density at radius 3 is 0.783 bits per heavy atom. The minimum absolute atomic E-state index is 0.111. The van der Waals surface area contributed by atoms with E-state index in [0.29, 0.717) is 0 Å². The highest BCUT2D eigenvalue weighted by atomic mass is 16.5. The lowest BCUT2D eigenvalue weighted by atomic mass is 9.34. The van der Waals surface area contributed by atoms with E-state index in [1.54, 1.807) is 0 Å². The number of benzene rings is 10. The van der Waals surface area contributed by atoms with Crippen LogP contribution >= 0.6 is 0 Å². The van der Waals surface area contributed by atoms with Crippen molar-refractivity contribution in [1.82, 2.24) is 0 Å². The molecule has 6 nitrogen and oxygen atoms in total. The van der Waals surface area contributed by atoms with Crippen LogP contribution in [0, 0.1) is 41.5 Å². The fourth-order valence-electron chi connectivity index (χ4n) is 12.8. The first-order valence-corrected chi connectivity index (χ1v) is 24.0. The minimum atomic E-state index is -0.111. The molecule has 9 heteroatoms. The number of hydrogen-bond acceptors (Lipinski definition) is 6. The Kier molecular flexibility index (Phi) is 7.12. The quantitative estimate of drug-likeness (QED) is 0.112. The molecule has 0 atom stereocenters. The molecule has 0 bridgehead atoms. The van der Waals surface area contributed by atoms with Crippen molar-refractivity contribution in [3.05, 3.63) is 161 Å². The van der Waals surface area contributed by atoms with Gasteiger partial charge < -0.3 is 28.4 Å². The van der Waals surface area contributed by atoms with E-state index in [1.807, 2.05) is 0 Å². The Morgan fingerprint density at radius 1 is 0.246 bits per heavy atom. The third-order valence-corrected chi connectivity index (χ3v) is 15.7. The molecule has 10 aromatic carbocycles. The van der Waals surface area contributed by atoms with E-state index in [4.69, 9.17) is 28.4 Å². The molecule has 10 aromatic rings. The van der Waals surface area contributed by atoms with Gasteiger partial charge in [-0.3, -0.25) is 0 Å². The molecule has 69 heavy (non-hydrogen) atoms. The van der Waals surface area contributed by atoms with E-state index in [0.717, 1.165) is 184 Å². The summed E-state index contributed by atoms with van der Waals surface area (Å²) in [4.78, 5) is 0. The minimum Gasteiger partial charge on any atom is -0.458 e. The van der Waals surface area contributed by atoms with E-state index < -0.39 is 0 Å². The zero-order valence-electron chi connectivity index (χ0n) is 38.8. The molecule has 6 aliphatic rings. The predicted molar refractivity (Wildman–Crippen MR) is 280 cm³/mol.